The Morgan fingerprint density at radius 3 is 2.26 bits per heavy atom. The van der Waals surface area contributed by atoms with Crippen molar-refractivity contribution in [3.05, 3.63) is 29.8 Å². The molecule has 1 atom stereocenters. The normalized spacial score (nSPS) is 11.8. The molecule has 108 valence electrons. The van der Waals surface area contributed by atoms with Crippen molar-refractivity contribution in [1.29, 1.82) is 0 Å². The maximum atomic E-state index is 11.8. The van der Waals surface area contributed by atoms with E-state index in [0.717, 1.165) is 24.1 Å². The SMILES string of the molecule is CC(C)CCC(C)NC(=O)Cc1ccc(N)cc1.Cl. The van der Waals surface area contributed by atoms with Crippen molar-refractivity contribution < 1.29 is 4.79 Å². The second-order valence-corrected chi connectivity index (χ2v) is 5.36. The van der Waals surface area contributed by atoms with Gasteiger partial charge in [-0.2, -0.15) is 0 Å². The van der Waals surface area contributed by atoms with E-state index in [1.165, 1.54) is 0 Å². The van der Waals surface area contributed by atoms with Crippen molar-refractivity contribution in [1.82, 2.24) is 5.32 Å². The fourth-order valence-corrected chi connectivity index (χ4v) is 1.80. The first-order valence-corrected chi connectivity index (χ1v) is 6.61. The van der Waals surface area contributed by atoms with Crippen LogP contribution in [0.3, 0.4) is 0 Å². The molecule has 1 unspecified atom stereocenters. The average molecular weight is 285 g/mol. The van der Waals surface area contributed by atoms with E-state index in [-0.39, 0.29) is 24.4 Å². The molecule has 1 aromatic rings. The molecule has 0 radical (unpaired) electrons. The van der Waals surface area contributed by atoms with Gasteiger partial charge in [0.25, 0.3) is 0 Å². The molecule has 0 saturated carbocycles. The fourth-order valence-electron chi connectivity index (χ4n) is 1.80. The van der Waals surface area contributed by atoms with Gasteiger partial charge in [-0.1, -0.05) is 26.0 Å². The minimum Gasteiger partial charge on any atom is -0.399 e. The summed E-state index contributed by atoms with van der Waals surface area (Å²) < 4.78 is 0. The first-order chi connectivity index (χ1) is 8.47. The zero-order valence-corrected chi connectivity index (χ0v) is 12.8. The number of halogens is 1. The van der Waals surface area contributed by atoms with Crippen LogP contribution in [0.25, 0.3) is 0 Å². The molecule has 1 amide bonds. The summed E-state index contributed by atoms with van der Waals surface area (Å²) in [7, 11) is 0. The van der Waals surface area contributed by atoms with Crippen molar-refractivity contribution in [2.45, 2.75) is 46.1 Å². The van der Waals surface area contributed by atoms with E-state index < -0.39 is 0 Å². The zero-order valence-electron chi connectivity index (χ0n) is 12.0. The number of anilines is 1. The Kier molecular flexibility index (Phi) is 8.24. The van der Waals surface area contributed by atoms with E-state index in [4.69, 9.17) is 5.73 Å². The minimum atomic E-state index is 0. The summed E-state index contributed by atoms with van der Waals surface area (Å²) in [5, 5.41) is 3.03. The molecule has 0 aromatic heterocycles. The van der Waals surface area contributed by atoms with Gasteiger partial charge in [0.1, 0.15) is 0 Å². The van der Waals surface area contributed by atoms with E-state index in [2.05, 4.69) is 26.1 Å². The summed E-state index contributed by atoms with van der Waals surface area (Å²) >= 11 is 0. The van der Waals surface area contributed by atoms with Crippen LogP contribution in [0.15, 0.2) is 24.3 Å². The molecular weight excluding hydrogens is 260 g/mol. The lowest BCUT2D eigenvalue weighted by atomic mass is 10.0. The summed E-state index contributed by atoms with van der Waals surface area (Å²) in [5.41, 5.74) is 7.33. The van der Waals surface area contributed by atoms with Gasteiger partial charge in [0.15, 0.2) is 0 Å². The molecule has 0 spiro atoms. The average Bonchev–Trinajstić information content (AvgIpc) is 2.29. The number of benzene rings is 1. The Labute approximate surface area is 122 Å². The summed E-state index contributed by atoms with van der Waals surface area (Å²) in [5.74, 6) is 0.762. The first-order valence-electron chi connectivity index (χ1n) is 6.61. The second-order valence-electron chi connectivity index (χ2n) is 5.36. The van der Waals surface area contributed by atoms with Crippen molar-refractivity contribution in [3.8, 4) is 0 Å². The summed E-state index contributed by atoms with van der Waals surface area (Å²) in [4.78, 5) is 11.8. The lowest BCUT2D eigenvalue weighted by Gasteiger charge is -2.15. The Hall–Kier alpha value is -1.22. The fraction of sp³-hybridized carbons (Fsp3) is 0.533. The van der Waals surface area contributed by atoms with Gasteiger partial charge in [-0.05, 0) is 43.4 Å². The summed E-state index contributed by atoms with van der Waals surface area (Å²) in [6.45, 7) is 6.45. The van der Waals surface area contributed by atoms with Gasteiger partial charge in [-0.3, -0.25) is 4.79 Å². The van der Waals surface area contributed by atoms with Gasteiger partial charge in [-0.15, -0.1) is 12.4 Å². The van der Waals surface area contributed by atoms with Gasteiger partial charge < -0.3 is 11.1 Å². The quantitative estimate of drug-likeness (QED) is 0.789. The van der Waals surface area contributed by atoms with Crippen LogP contribution in [-0.2, 0) is 11.2 Å². The number of hydrogen-bond donors (Lipinski definition) is 2. The molecule has 0 fully saturated rings. The molecule has 1 rings (SSSR count). The zero-order chi connectivity index (χ0) is 13.5. The van der Waals surface area contributed by atoms with Gasteiger partial charge >= 0.3 is 0 Å². The van der Waals surface area contributed by atoms with Crippen LogP contribution < -0.4 is 11.1 Å². The molecule has 3 nitrogen and oxygen atoms in total. The van der Waals surface area contributed by atoms with Crippen molar-refractivity contribution >= 4 is 24.0 Å². The van der Waals surface area contributed by atoms with Crippen LogP contribution in [-0.4, -0.2) is 11.9 Å². The van der Waals surface area contributed by atoms with Crippen molar-refractivity contribution in [3.63, 3.8) is 0 Å². The molecule has 1 aromatic carbocycles. The predicted octanol–water partition coefficient (Wildman–Crippen LogP) is 3.17. The number of nitrogens with one attached hydrogen (secondary N) is 1. The van der Waals surface area contributed by atoms with Gasteiger partial charge in [0, 0.05) is 11.7 Å². The Morgan fingerprint density at radius 2 is 1.74 bits per heavy atom. The van der Waals surface area contributed by atoms with Crippen LogP contribution in [0.5, 0.6) is 0 Å². The lowest BCUT2D eigenvalue weighted by Crippen LogP contribution is -2.33. The number of nitrogen functional groups attached to an aromatic ring is 1. The largest absolute Gasteiger partial charge is 0.399 e. The van der Waals surface area contributed by atoms with Crippen molar-refractivity contribution in [2.24, 2.45) is 5.92 Å². The number of amides is 1. The number of rotatable bonds is 6. The second kappa shape index (κ2) is 8.81. The first kappa shape index (κ1) is 17.8. The summed E-state index contributed by atoms with van der Waals surface area (Å²) in [6.07, 6.45) is 2.60. The highest BCUT2D eigenvalue weighted by Crippen LogP contribution is 2.08. The smallest absolute Gasteiger partial charge is 0.224 e. The van der Waals surface area contributed by atoms with E-state index in [1.54, 1.807) is 0 Å². The molecule has 4 heteroatoms. The standard InChI is InChI=1S/C15H24N2O.ClH/c1-11(2)4-5-12(3)17-15(18)10-13-6-8-14(16)9-7-13;/h6-9,11-12H,4-5,10,16H2,1-3H3,(H,17,18);1H. The Morgan fingerprint density at radius 1 is 1.16 bits per heavy atom. The molecule has 0 bridgehead atoms. The molecule has 0 aliphatic rings. The minimum absolute atomic E-state index is 0. The van der Waals surface area contributed by atoms with E-state index in [0.29, 0.717) is 12.3 Å². The molecule has 0 aliphatic heterocycles. The van der Waals surface area contributed by atoms with Crippen LogP contribution in [0, 0.1) is 5.92 Å². The van der Waals surface area contributed by atoms with Crippen LogP contribution in [0.2, 0.25) is 0 Å². The number of nitrogens with two attached hydrogens (primary N) is 1. The maximum absolute atomic E-state index is 11.8. The highest BCUT2D eigenvalue weighted by atomic mass is 35.5. The molecule has 19 heavy (non-hydrogen) atoms. The Balaban J connectivity index is 0.00000324. The highest BCUT2D eigenvalue weighted by Gasteiger charge is 2.08. The topological polar surface area (TPSA) is 55.1 Å². The monoisotopic (exact) mass is 284 g/mol. The molecular formula is C15H25ClN2O. The van der Waals surface area contributed by atoms with Gasteiger partial charge in [0.05, 0.1) is 6.42 Å². The number of carbonyl (C=O) groups is 1. The predicted molar refractivity (Wildman–Crippen MR) is 83.5 cm³/mol. The molecule has 3 N–H and O–H groups in total. The van der Waals surface area contributed by atoms with Crippen molar-refractivity contribution in [2.75, 3.05) is 5.73 Å². The maximum Gasteiger partial charge on any atom is 0.224 e. The van der Waals surface area contributed by atoms with E-state index >= 15 is 0 Å². The molecule has 0 saturated heterocycles. The van der Waals surface area contributed by atoms with Crippen LogP contribution in [0.1, 0.15) is 39.2 Å². The van der Waals surface area contributed by atoms with E-state index in [9.17, 15) is 4.79 Å². The Bertz CT molecular complexity index is 376. The van der Waals surface area contributed by atoms with Gasteiger partial charge in [0.2, 0.25) is 5.91 Å². The van der Waals surface area contributed by atoms with Gasteiger partial charge in [-0.25, -0.2) is 0 Å². The number of carbonyl (C=O) groups excluding carboxylic acids is 1. The number of hydrogen-bond acceptors (Lipinski definition) is 2. The third-order valence-electron chi connectivity index (χ3n) is 2.93. The van der Waals surface area contributed by atoms with E-state index in [1.807, 2.05) is 24.3 Å². The molecule has 0 aliphatic carbocycles. The third kappa shape index (κ3) is 7.73. The summed E-state index contributed by atoms with van der Waals surface area (Å²) in [6, 6.07) is 7.69. The van der Waals surface area contributed by atoms with Crippen LogP contribution >= 0.6 is 12.4 Å². The third-order valence-corrected chi connectivity index (χ3v) is 2.93. The van der Waals surface area contributed by atoms with Crippen LogP contribution in [0.4, 0.5) is 5.69 Å². The molecule has 0 heterocycles. The lowest BCUT2D eigenvalue weighted by molar-refractivity contribution is -0.121. The highest BCUT2D eigenvalue weighted by molar-refractivity contribution is 5.85.